The second kappa shape index (κ2) is 6.72. The first-order valence-electron chi connectivity index (χ1n) is 6.86. The molecule has 4 heteroatoms. The van der Waals surface area contributed by atoms with Crippen molar-refractivity contribution in [2.75, 3.05) is 5.32 Å². The second-order valence-electron chi connectivity index (χ2n) is 4.97. The molecule has 2 aromatic carbocycles. The van der Waals surface area contributed by atoms with Gasteiger partial charge in [0.15, 0.2) is 5.78 Å². The number of ketones is 1. The summed E-state index contributed by atoms with van der Waals surface area (Å²) in [5.74, 6) is -0.680. The summed E-state index contributed by atoms with van der Waals surface area (Å²) in [6, 6.07) is 12.1. The summed E-state index contributed by atoms with van der Waals surface area (Å²) in [6.45, 7) is 3.34. The van der Waals surface area contributed by atoms with Gasteiger partial charge in [-0.15, -0.1) is 0 Å². The molecule has 22 heavy (non-hydrogen) atoms. The summed E-state index contributed by atoms with van der Waals surface area (Å²) in [6.07, 6.45) is 3.12. The minimum Gasteiger partial charge on any atom is -0.507 e. The average molecular weight is 295 g/mol. The van der Waals surface area contributed by atoms with Gasteiger partial charge in [0, 0.05) is 12.6 Å². The number of phenolic OH excluding ortho intramolecular Hbond substituents is 1. The fraction of sp³-hybridized carbons (Fsp3) is 0.111. The van der Waals surface area contributed by atoms with Gasteiger partial charge in [0.2, 0.25) is 5.91 Å². The Hall–Kier alpha value is -2.88. The second-order valence-corrected chi connectivity index (χ2v) is 4.97. The van der Waals surface area contributed by atoms with Gasteiger partial charge in [0.1, 0.15) is 5.75 Å². The highest BCUT2D eigenvalue weighted by molar-refractivity contribution is 6.09. The largest absolute Gasteiger partial charge is 0.507 e. The zero-order chi connectivity index (χ0) is 16.1. The van der Waals surface area contributed by atoms with Crippen LogP contribution in [0.25, 0.3) is 6.08 Å². The van der Waals surface area contributed by atoms with Crippen molar-refractivity contribution in [1.82, 2.24) is 0 Å². The van der Waals surface area contributed by atoms with Gasteiger partial charge in [-0.05, 0) is 42.3 Å². The lowest BCUT2D eigenvalue weighted by atomic mass is 10.0. The molecular weight excluding hydrogens is 278 g/mol. The summed E-state index contributed by atoms with van der Waals surface area (Å²) < 4.78 is 0. The first-order valence-corrected chi connectivity index (χ1v) is 6.86. The third-order valence-corrected chi connectivity index (χ3v) is 3.19. The van der Waals surface area contributed by atoms with Gasteiger partial charge in [0.05, 0.1) is 5.56 Å². The Morgan fingerprint density at radius 2 is 1.86 bits per heavy atom. The molecule has 0 aliphatic rings. The van der Waals surface area contributed by atoms with Crippen molar-refractivity contribution < 1.29 is 14.7 Å². The molecule has 0 aliphatic heterocycles. The third kappa shape index (κ3) is 3.82. The zero-order valence-corrected chi connectivity index (χ0v) is 12.5. The first-order chi connectivity index (χ1) is 10.5. The summed E-state index contributed by atoms with van der Waals surface area (Å²) in [4.78, 5) is 23.3. The van der Waals surface area contributed by atoms with E-state index in [0.29, 0.717) is 5.69 Å². The Labute approximate surface area is 129 Å². The normalized spacial score (nSPS) is 10.6. The molecule has 2 rings (SSSR count). The number of carbonyl (C=O) groups is 2. The van der Waals surface area contributed by atoms with Gasteiger partial charge in [-0.25, -0.2) is 0 Å². The molecule has 0 unspecified atom stereocenters. The maximum atomic E-state index is 12.2. The highest BCUT2D eigenvalue weighted by Crippen LogP contribution is 2.23. The molecule has 0 aromatic heterocycles. The molecule has 0 fully saturated rings. The van der Waals surface area contributed by atoms with Crippen LogP contribution in [0.3, 0.4) is 0 Å². The molecule has 0 saturated carbocycles. The Bertz CT molecular complexity index is 748. The zero-order valence-electron chi connectivity index (χ0n) is 12.5. The van der Waals surface area contributed by atoms with Crippen LogP contribution in [0.2, 0.25) is 0 Å². The number of carbonyl (C=O) groups excluding carboxylic acids is 2. The smallest absolute Gasteiger partial charge is 0.221 e. The molecule has 0 saturated heterocycles. The van der Waals surface area contributed by atoms with Crippen LogP contribution >= 0.6 is 0 Å². The van der Waals surface area contributed by atoms with E-state index in [4.69, 9.17) is 0 Å². The summed E-state index contributed by atoms with van der Waals surface area (Å²) in [5.41, 5.74) is 2.62. The molecule has 0 aliphatic carbocycles. The fourth-order valence-corrected chi connectivity index (χ4v) is 2.04. The fourth-order valence-electron chi connectivity index (χ4n) is 2.04. The van der Waals surface area contributed by atoms with E-state index >= 15 is 0 Å². The monoisotopic (exact) mass is 295 g/mol. The van der Waals surface area contributed by atoms with Crippen LogP contribution in [-0.2, 0) is 4.79 Å². The molecular formula is C18H17NO3. The third-order valence-electron chi connectivity index (χ3n) is 3.19. The van der Waals surface area contributed by atoms with Crippen LogP contribution in [0.1, 0.15) is 28.4 Å². The van der Waals surface area contributed by atoms with Crippen molar-refractivity contribution in [3.8, 4) is 5.75 Å². The standard InChI is InChI=1S/C18H17NO3/c1-12-5-3-4-6-14(12)7-9-17(21)16-11-15(19-13(2)20)8-10-18(16)22/h3-11,22H,1-2H3,(H,19,20). The SMILES string of the molecule is CC(=O)Nc1ccc(O)c(C(=O)C=Cc2ccccc2C)c1. The molecule has 0 spiro atoms. The number of allylic oxidation sites excluding steroid dienone is 1. The number of amides is 1. The van der Waals surface area contributed by atoms with Crippen molar-refractivity contribution in [2.24, 2.45) is 0 Å². The molecule has 2 aromatic rings. The van der Waals surface area contributed by atoms with Crippen molar-refractivity contribution in [1.29, 1.82) is 0 Å². The van der Waals surface area contributed by atoms with E-state index in [1.807, 2.05) is 31.2 Å². The summed E-state index contributed by atoms with van der Waals surface area (Å²) in [5, 5.41) is 12.4. The quantitative estimate of drug-likeness (QED) is 0.515. The molecule has 1 amide bonds. The first kappa shape index (κ1) is 15.5. The van der Waals surface area contributed by atoms with Crippen molar-refractivity contribution in [3.05, 3.63) is 65.2 Å². The number of hydrogen-bond donors (Lipinski definition) is 2. The molecule has 2 N–H and O–H groups in total. The van der Waals surface area contributed by atoms with Crippen LogP contribution in [0.4, 0.5) is 5.69 Å². The number of benzene rings is 2. The Balaban J connectivity index is 2.25. The lowest BCUT2D eigenvalue weighted by Gasteiger charge is -2.06. The predicted molar refractivity (Wildman–Crippen MR) is 87.0 cm³/mol. The summed E-state index contributed by atoms with van der Waals surface area (Å²) >= 11 is 0. The van der Waals surface area contributed by atoms with Crippen LogP contribution in [0, 0.1) is 6.92 Å². The molecule has 0 radical (unpaired) electrons. The summed E-state index contributed by atoms with van der Waals surface area (Å²) in [7, 11) is 0. The van der Waals surface area contributed by atoms with Crippen molar-refractivity contribution >= 4 is 23.5 Å². The number of anilines is 1. The van der Waals surface area contributed by atoms with Gasteiger partial charge >= 0.3 is 0 Å². The van der Waals surface area contributed by atoms with Gasteiger partial charge in [-0.1, -0.05) is 30.3 Å². The van der Waals surface area contributed by atoms with Gasteiger partial charge < -0.3 is 10.4 Å². The predicted octanol–water partition coefficient (Wildman–Crippen LogP) is 3.56. The Morgan fingerprint density at radius 3 is 2.55 bits per heavy atom. The lowest BCUT2D eigenvalue weighted by Crippen LogP contribution is -2.06. The van der Waals surface area contributed by atoms with Crippen LogP contribution in [-0.4, -0.2) is 16.8 Å². The number of aromatic hydroxyl groups is 1. The van der Waals surface area contributed by atoms with E-state index in [1.165, 1.54) is 25.1 Å². The van der Waals surface area contributed by atoms with Gasteiger partial charge in [0.25, 0.3) is 0 Å². The number of rotatable bonds is 4. The Morgan fingerprint density at radius 1 is 1.14 bits per heavy atom. The molecule has 0 bridgehead atoms. The van der Waals surface area contributed by atoms with Crippen molar-refractivity contribution in [3.63, 3.8) is 0 Å². The number of aryl methyl sites for hydroxylation is 1. The van der Waals surface area contributed by atoms with E-state index in [1.54, 1.807) is 12.1 Å². The van der Waals surface area contributed by atoms with Gasteiger partial charge in [-0.2, -0.15) is 0 Å². The lowest BCUT2D eigenvalue weighted by molar-refractivity contribution is -0.114. The van der Waals surface area contributed by atoms with Crippen LogP contribution in [0.15, 0.2) is 48.5 Å². The molecule has 0 atom stereocenters. The Kier molecular flexibility index (Phi) is 4.73. The van der Waals surface area contributed by atoms with E-state index in [2.05, 4.69) is 5.32 Å². The molecule has 0 heterocycles. The average Bonchev–Trinajstić information content (AvgIpc) is 2.47. The molecule has 112 valence electrons. The number of phenols is 1. The molecule has 4 nitrogen and oxygen atoms in total. The topological polar surface area (TPSA) is 66.4 Å². The van der Waals surface area contributed by atoms with Crippen molar-refractivity contribution in [2.45, 2.75) is 13.8 Å². The highest BCUT2D eigenvalue weighted by Gasteiger charge is 2.10. The van der Waals surface area contributed by atoms with E-state index in [-0.39, 0.29) is 23.0 Å². The van der Waals surface area contributed by atoms with E-state index in [0.717, 1.165) is 11.1 Å². The van der Waals surface area contributed by atoms with Gasteiger partial charge in [-0.3, -0.25) is 9.59 Å². The van der Waals surface area contributed by atoms with E-state index < -0.39 is 0 Å². The van der Waals surface area contributed by atoms with Crippen LogP contribution in [0.5, 0.6) is 5.75 Å². The van der Waals surface area contributed by atoms with Crippen LogP contribution < -0.4 is 5.32 Å². The highest BCUT2D eigenvalue weighted by atomic mass is 16.3. The minimum absolute atomic E-state index is 0.117. The van der Waals surface area contributed by atoms with E-state index in [9.17, 15) is 14.7 Å². The number of hydrogen-bond acceptors (Lipinski definition) is 3. The maximum absolute atomic E-state index is 12.2. The number of nitrogens with one attached hydrogen (secondary N) is 1. The minimum atomic E-state index is -0.326. The maximum Gasteiger partial charge on any atom is 0.221 e.